The molecule has 0 N–H and O–H groups in total. The van der Waals surface area contributed by atoms with Crippen molar-refractivity contribution >= 4 is 69.6 Å². The number of hydrogen-bond donors (Lipinski definition) is 0. The summed E-state index contributed by atoms with van der Waals surface area (Å²) in [7, 11) is -1.28. The smallest absolute Gasteiger partial charge is 0.418 e. The Labute approximate surface area is 217 Å². The molecule has 0 saturated carbocycles. The van der Waals surface area contributed by atoms with E-state index in [0.29, 0.717) is 17.3 Å². The van der Waals surface area contributed by atoms with E-state index in [1.165, 1.54) is 22.7 Å². The molecule has 0 bridgehead atoms. The largest absolute Gasteiger partial charge is 0.443 e. The van der Waals surface area contributed by atoms with E-state index in [1.54, 1.807) is 12.1 Å². The number of rotatable bonds is 6. The Morgan fingerprint density at radius 1 is 1.34 bits per heavy atom. The Kier molecular flexibility index (Phi) is 9.45. The standard InChI is InChI=1S/C22H31BrFIN2O3SSi/c1-21(2,3)30-20(28)27(14-29-10-11-32(5,6)7)19-26-22(4,13-18(25)31-19)16-12-15(23)8-9-17(16)24/h8-9,12-13H,10-11,14H2,1-7H3/t22-/m0/s1. The normalized spacial score (nSPS) is 19.3. The average Bonchev–Trinajstić information content (AvgIpc) is 2.60. The van der Waals surface area contributed by atoms with Crippen LogP contribution in [0.4, 0.5) is 9.18 Å². The van der Waals surface area contributed by atoms with Crippen LogP contribution in [0.3, 0.4) is 0 Å². The molecule has 0 spiro atoms. The lowest BCUT2D eigenvalue weighted by Crippen LogP contribution is -2.43. The Morgan fingerprint density at radius 2 is 2.00 bits per heavy atom. The molecule has 2 rings (SSSR count). The Hall–Kier alpha value is -0.433. The van der Waals surface area contributed by atoms with E-state index in [0.717, 1.165) is 13.4 Å². The maximum atomic E-state index is 14.7. The van der Waals surface area contributed by atoms with Crippen molar-refractivity contribution in [1.82, 2.24) is 4.90 Å². The van der Waals surface area contributed by atoms with Crippen molar-refractivity contribution in [3.8, 4) is 0 Å². The first-order chi connectivity index (χ1) is 14.6. The second kappa shape index (κ2) is 10.9. The molecule has 0 radical (unpaired) electrons. The molecule has 0 fully saturated rings. The lowest BCUT2D eigenvalue weighted by Gasteiger charge is -2.33. The molecule has 0 unspecified atom stereocenters. The maximum absolute atomic E-state index is 14.7. The van der Waals surface area contributed by atoms with Crippen molar-refractivity contribution < 1.29 is 18.7 Å². The zero-order valence-corrected chi connectivity index (χ0v) is 25.2. The van der Waals surface area contributed by atoms with Crippen LogP contribution in [0.2, 0.25) is 25.7 Å². The van der Waals surface area contributed by atoms with Gasteiger partial charge in [-0.1, -0.05) is 35.6 Å². The van der Waals surface area contributed by atoms with Crippen LogP contribution in [0.15, 0.2) is 36.7 Å². The molecule has 10 heteroatoms. The van der Waals surface area contributed by atoms with E-state index in [4.69, 9.17) is 14.5 Å². The summed E-state index contributed by atoms with van der Waals surface area (Å²) in [5, 5.41) is 0.418. The molecule has 5 nitrogen and oxygen atoms in total. The first-order valence-corrected chi connectivity index (χ1v) is 16.7. The van der Waals surface area contributed by atoms with Gasteiger partial charge < -0.3 is 9.47 Å². The Morgan fingerprint density at radius 3 is 2.59 bits per heavy atom. The fraction of sp³-hybridized carbons (Fsp3) is 0.545. The van der Waals surface area contributed by atoms with E-state index >= 15 is 0 Å². The number of carbonyl (C=O) groups excluding carboxylic acids is 1. The van der Waals surface area contributed by atoms with Gasteiger partial charge in [0.15, 0.2) is 5.17 Å². The first-order valence-electron chi connectivity index (χ1n) is 10.3. The number of amides is 1. The van der Waals surface area contributed by atoms with Gasteiger partial charge in [-0.15, -0.1) is 0 Å². The Bertz CT molecular complexity index is 917. The van der Waals surface area contributed by atoms with Gasteiger partial charge in [-0.25, -0.2) is 19.1 Å². The van der Waals surface area contributed by atoms with Crippen molar-refractivity contribution in [3.05, 3.63) is 43.0 Å². The van der Waals surface area contributed by atoms with Gasteiger partial charge in [-0.2, -0.15) is 0 Å². The van der Waals surface area contributed by atoms with Gasteiger partial charge >= 0.3 is 6.09 Å². The van der Waals surface area contributed by atoms with Crippen LogP contribution in [-0.2, 0) is 15.0 Å². The van der Waals surface area contributed by atoms with Crippen molar-refractivity contribution in [1.29, 1.82) is 0 Å². The van der Waals surface area contributed by atoms with E-state index in [2.05, 4.69) is 58.2 Å². The van der Waals surface area contributed by atoms with Crippen LogP contribution in [0, 0.1) is 5.82 Å². The molecule has 0 aromatic heterocycles. The zero-order chi connectivity index (χ0) is 24.3. The summed E-state index contributed by atoms with van der Waals surface area (Å²) in [4.78, 5) is 19.3. The van der Waals surface area contributed by atoms with Crippen LogP contribution in [0.25, 0.3) is 0 Å². The third-order valence-corrected chi connectivity index (χ3v) is 8.42. The van der Waals surface area contributed by atoms with Gasteiger partial charge in [-0.05, 0) is 92.4 Å². The number of halogens is 3. The highest BCUT2D eigenvalue weighted by atomic mass is 127. The number of ether oxygens (including phenoxy) is 2. The van der Waals surface area contributed by atoms with Crippen LogP contribution in [0.1, 0.15) is 33.3 Å². The summed E-state index contributed by atoms with van der Waals surface area (Å²) in [5.41, 5.74) is -1.23. The number of aliphatic imine (C=N–C) groups is 1. The molecular formula is C22H31BrFIN2O3SSi. The second-order valence-electron chi connectivity index (χ2n) is 9.97. The van der Waals surface area contributed by atoms with Gasteiger partial charge in [0, 0.05) is 24.7 Å². The molecule has 1 heterocycles. The van der Waals surface area contributed by atoms with Crippen molar-refractivity contribution in [2.45, 2.75) is 64.5 Å². The van der Waals surface area contributed by atoms with Crippen molar-refractivity contribution in [2.24, 2.45) is 4.99 Å². The van der Waals surface area contributed by atoms with Crippen molar-refractivity contribution in [2.75, 3.05) is 13.3 Å². The SMILES string of the molecule is CC(C)(C)OC(=O)N(COCC[Si](C)(C)C)C1=N[C@](C)(c2cc(Br)ccc2F)C=C(I)S1. The van der Waals surface area contributed by atoms with E-state index in [9.17, 15) is 9.18 Å². The van der Waals surface area contributed by atoms with Gasteiger partial charge in [0.05, 0.1) is 2.91 Å². The molecule has 1 amide bonds. The number of hydrogen-bond acceptors (Lipinski definition) is 5. The monoisotopic (exact) mass is 656 g/mol. The summed E-state index contributed by atoms with van der Waals surface area (Å²) >= 11 is 6.93. The number of amidine groups is 1. The molecule has 1 aliphatic rings. The van der Waals surface area contributed by atoms with E-state index in [-0.39, 0.29) is 12.5 Å². The number of carbonyl (C=O) groups is 1. The third kappa shape index (κ3) is 8.41. The highest BCUT2D eigenvalue weighted by Gasteiger charge is 2.36. The fourth-order valence-electron chi connectivity index (χ4n) is 2.77. The number of benzene rings is 1. The molecule has 0 saturated heterocycles. The topological polar surface area (TPSA) is 51.1 Å². The van der Waals surface area contributed by atoms with Crippen LogP contribution >= 0.6 is 50.3 Å². The molecule has 32 heavy (non-hydrogen) atoms. The molecule has 1 aromatic rings. The van der Waals surface area contributed by atoms with Gasteiger partial charge in [-0.3, -0.25) is 0 Å². The molecular weight excluding hydrogens is 626 g/mol. The minimum atomic E-state index is -1.28. The maximum Gasteiger partial charge on any atom is 0.418 e. The molecule has 178 valence electrons. The average molecular weight is 657 g/mol. The summed E-state index contributed by atoms with van der Waals surface area (Å²) in [6.07, 6.45) is 1.35. The summed E-state index contributed by atoms with van der Waals surface area (Å²) in [6.45, 7) is 14.7. The van der Waals surface area contributed by atoms with Gasteiger partial charge in [0.2, 0.25) is 0 Å². The predicted molar refractivity (Wildman–Crippen MR) is 146 cm³/mol. The third-order valence-electron chi connectivity index (χ3n) is 4.45. The summed E-state index contributed by atoms with van der Waals surface area (Å²) in [5.74, 6) is -0.360. The first kappa shape index (κ1) is 27.8. The lowest BCUT2D eigenvalue weighted by atomic mass is 9.92. The second-order valence-corrected chi connectivity index (χ2v) is 19.4. The summed E-state index contributed by atoms with van der Waals surface area (Å²) < 4.78 is 27.9. The fourth-order valence-corrected chi connectivity index (χ4v) is 6.02. The molecule has 0 aliphatic carbocycles. The predicted octanol–water partition coefficient (Wildman–Crippen LogP) is 7.73. The minimum Gasteiger partial charge on any atom is -0.443 e. The highest BCUT2D eigenvalue weighted by molar-refractivity contribution is 14.1. The molecule has 1 aliphatic heterocycles. The van der Waals surface area contributed by atoms with Crippen LogP contribution in [0.5, 0.6) is 0 Å². The van der Waals surface area contributed by atoms with Crippen LogP contribution < -0.4 is 0 Å². The van der Waals surface area contributed by atoms with Crippen LogP contribution in [-0.4, -0.2) is 43.2 Å². The quantitative estimate of drug-likeness (QED) is 0.136. The molecule has 1 atom stereocenters. The van der Waals surface area contributed by atoms with Gasteiger partial charge in [0.25, 0.3) is 0 Å². The van der Waals surface area contributed by atoms with Gasteiger partial charge in [0.1, 0.15) is 23.7 Å². The number of thioether (sulfide) groups is 1. The number of nitrogens with zero attached hydrogens (tertiary/aromatic N) is 2. The highest BCUT2D eigenvalue weighted by Crippen LogP contribution is 2.42. The zero-order valence-electron chi connectivity index (χ0n) is 19.6. The Balaban J connectivity index is 2.39. The van der Waals surface area contributed by atoms with E-state index in [1.807, 2.05) is 33.8 Å². The van der Waals surface area contributed by atoms with E-state index < -0.39 is 25.3 Å². The molecule has 1 aromatic carbocycles. The lowest BCUT2D eigenvalue weighted by molar-refractivity contribution is 0.0111. The minimum absolute atomic E-state index is 0.0200. The summed E-state index contributed by atoms with van der Waals surface area (Å²) in [6, 6.07) is 5.76. The van der Waals surface area contributed by atoms with Crippen molar-refractivity contribution in [3.63, 3.8) is 0 Å².